The van der Waals surface area contributed by atoms with Crippen LogP contribution in [0.3, 0.4) is 0 Å². The van der Waals surface area contributed by atoms with Crippen molar-refractivity contribution >= 4 is 11.8 Å². The van der Waals surface area contributed by atoms with Gasteiger partial charge in [0.2, 0.25) is 5.95 Å². The number of aromatic nitrogens is 2. The van der Waals surface area contributed by atoms with Gasteiger partial charge in [0.05, 0.1) is 18.4 Å². The van der Waals surface area contributed by atoms with E-state index in [9.17, 15) is 19.1 Å². The van der Waals surface area contributed by atoms with E-state index in [0.717, 1.165) is 19.3 Å². The molecule has 0 bridgehead atoms. The first kappa shape index (κ1) is 19.7. The average molecular weight is 381 g/mol. The molecule has 3 N–H and O–H groups in total. The molecular formula is C18H25F2N5O2. The number of alkyl halides is 2. The third-order valence-electron chi connectivity index (χ3n) is 5.20. The first-order chi connectivity index (χ1) is 13.0. The summed E-state index contributed by atoms with van der Waals surface area (Å²) < 4.78 is 29.2. The summed E-state index contributed by atoms with van der Waals surface area (Å²) in [6.07, 6.45) is 6.53. The van der Waals surface area contributed by atoms with E-state index in [1.165, 1.54) is 6.20 Å². The van der Waals surface area contributed by atoms with Crippen LogP contribution in [0.2, 0.25) is 0 Å². The average Bonchev–Trinajstić information content (AvgIpc) is 2.63. The van der Waals surface area contributed by atoms with E-state index in [1.54, 1.807) is 0 Å². The molecule has 3 rings (SSSR count). The van der Waals surface area contributed by atoms with E-state index in [2.05, 4.69) is 31.4 Å². The molecule has 0 aliphatic heterocycles. The van der Waals surface area contributed by atoms with Crippen LogP contribution in [0, 0.1) is 11.3 Å². The molecule has 2 atom stereocenters. The zero-order chi connectivity index (χ0) is 19.2. The molecule has 0 radical (unpaired) electrons. The van der Waals surface area contributed by atoms with Crippen molar-refractivity contribution in [1.29, 1.82) is 5.26 Å². The van der Waals surface area contributed by atoms with Crippen LogP contribution in [0.4, 0.5) is 20.5 Å². The number of halogens is 2. The smallest absolute Gasteiger partial charge is 0.345 e. The number of rotatable bonds is 6. The molecule has 0 unspecified atom stereocenters. The van der Waals surface area contributed by atoms with Crippen LogP contribution in [-0.4, -0.2) is 46.0 Å². The number of aliphatic hydroxyl groups excluding tert-OH is 1. The van der Waals surface area contributed by atoms with Gasteiger partial charge in [0.25, 0.3) is 0 Å². The van der Waals surface area contributed by atoms with E-state index >= 15 is 0 Å². The molecule has 2 aliphatic rings. The predicted octanol–water partition coefficient (Wildman–Crippen LogP) is 3.03. The summed E-state index contributed by atoms with van der Waals surface area (Å²) in [6.45, 7) is -2.73. The van der Waals surface area contributed by atoms with Gasteiger partial charge in [-0.15, -0.1) is 0 Å². The number of aliphatic hydroxyl groups is 1. The van der Waals surface area contributed by atoms with E-state index < -0.39 is 12.7 Å². The van der Waals surface area contributed by atoms with Crippen LogP contribution >= 0.6 is 0 Å². The molecule has 148 valence electrons. The fraction of sp³-hybridized carbons (Fsp3) is 0.722. The molecule has 27 heavy (non-hydrogen) atoms. The van der Waals surface area contributed by atoms with E-state index in [0.29, 0.717) is 49.4 Å². The van der Waals surface area contributed by atoms with Crippen LogP contribution < -0.4 is 10.6 Å². The van der Waals surface area contributed by atoms with Crippen molar-refractivity contribution in [3.8, 4) is 6.07 Å². The molecule has 0 spiro atoms. The minimum atomic E-state index is -2.73. The minimum absolute atomic E-state index is 0.0746. The number of ether oxygens (including phenoxy) is 1. The molecule has 0 saturated heterocycles. The van der Waals surface area contributed by atoms with Crippen molar-refractivity contribution in [1.82, 2.24) is 9.97 Å². The van der Waals surface area contributed by atoms with Gasteiger partial charge in [-0.2, -0.15) is 19.0 Å². The zero-order valence-electron chi connectivity index (χ0n) is 15.1. The Morgan fingerprint density at radius 3 is 2.59 bits per heavy atom. The van der Waals surface area contributed by atoms with Gasteiger partial charge in [0.15, 0.2) is 0 Å². The number of hydrogen-bond acceptors (Lipinski definition) is 7. The third-order valence-corrected chi connectivity index (χ3v) is 5.20. The molecule has 0 amide bonds. The Bertz CT molecular complexity index is 662. The number of nitriles is 1. The van der Waals surface area contributed by atoms with Crippen molar-refractivity contribution in [3.63, 3.8) is 0 Å². The molecule has 1 heterocycles. The van der Waals surface area contributed by atoms with Crippen LogP contribution in [-0.2, 0) is 4.74 Å². The predicted molar refractivity (Wildman–Crippen MR) is 95.4 cm³/mol. The SMILES string of the molecule is N#Cc1cnc(NC2CCC(OC(F)F)CC2)nc1N[C@@H]1CCC[C@H](O)C1. The minimum Gasteiger partial charge on any atom is -0.393 e. The van der Waals surface area contributed by atoms with Gasteiger partial charge >= 0.3 is 6.61 Å². The highest BCUT2D eigenvalue weighted by atomic mass is 19.3. The molecule has 0 aromatic carbocycles. The number of nitrogens with one attached hydrogen (secondary N) is 2. The lowest BCUT2D eigenvalue weighted by molar-refractivity contribution is -0.169. The second-order valence-electron chi connectivity index (χ2n) is 7.24. The van der Waals surface area contributed by atoms with Crippen molar-refractivity contribution in [2.45, 2.75) is 82.3 Å². The van der Waals surface area contributed by atoms with Gasteiger partial charge in [0, 0.05) is 12.1 Å². The highest BCUT2D eigenvalue weighted by Crippen LogP contribution is 2.26. The summed E-state index contributed by atoms with van der Waals surface area (Å²) in [6, 6.07) is 2.24. The lowest BCUT2D eigenvalue weighted by Gasteiger charge is -2.29. The summed E-state index contributed by atoms with van der Waals surface area (Å²) in [5.74, 6) is 0.870. The first-order valence-corrected chi connectivity index (χ1v) is 9.45. The molecule has 9 heteroatoms. The third kappa shape index (κ3) is 5.71. The fourth-order valence-corrected chi connectivity index (χ4v) is 3.80. The van der Waals surface area contributed by atoms with E-state index in [-0.39, 0.29) is 18.2 Å². The quantitative estimate of drug-likeness (QED) is 0.696. The van der Waals surface area contributed by atoms with Gasteiger partial charge in [-0.1, -0.05) is 0 Å². The Morgan fingerprint density at radius 2 is 1.93 bits per heavy atom. The lowest BCUT2D eigenvalue weighted by Crippen LogP contribution is -2.32. The maximum atomic E-state index is 12.3. The summed E-state index contributed by atoms with van der Waals surface area (Å²) >= 11 is 0. The molecular weight excluding hydrogens is 356 g/mol. The standard InChI is InChI=1S/C18H25F2N5O2/c19-17(20)27-15-6-4-12(5-7-15)24-18-22-10-11(9-21)16(25-18)23-13-2-1-3-14(26)8-13/h10,12-15,17,26H,1-8H2,(H2,22,23,24,25)/t12?,13-,14+,15?/m1/s1. The Labute approximate surface area is 157 Å². The monoisotopic (exact) mass is 381 g/mol. The molecule has 1 aromatic rings. The van der Waals surface area contributed by atoms with Gasteiger partial charge in [-0.05, 0) is 51.4 Å². The highest BCUT2D eigenvalue weighted by Gasteiger charge is 2.25. The van der Waals surface area contributed by atoms with E-state index in [4.69, 9.17) is 0 Å². The normalized spacial score (nSPS) is 28.6. The Morgan fingerprint density at radius 1 is 1.15 bits per heavy atom. The Hall–Kier alpha value is -2.05. The molecule has 7 nitrogen and oxygen atoms in total. The fourth-order valence-electron chi connectivity index (χ4n) is 3.80. The van der Waals surface area contributed by atoms with Crippen LogP contribution in [0.5, 0.6) is 0 Å². The number of nitrogens with zero attached hydrogens (tertiary/aromatic N) is 3. The summed E-state index contributed by atoms with van der Waals surface area (Å²) in [5, 5.41) is 25.6. The Balaban J connectivity index is 1.59. The van der Waals surface area contributed by atoms with Gasteiger partial charge < -0.3 is 20.5 Å². The summed E-state index contributed by atoms with van der Waals surface area (Å²) in [7, 11) is 0. The second kappa shape index (κ2) is 9.24. The van der Waals surface area contributed by atoms with Gasteiger partial charge in [0.1, 0.15) is 17.5 Å². The maximum Gasteiger partial charge on any atom is 0.345 e. The molecule has 2 aliphatic carbocycles. The number of hydrogen-bond donors (Lipinski definition) is 3. The molecule has 2 saturated carbocycles. The second-order valence-corrected chi connectivity index (χ2v) is 7.24. The topological polar surface area (TPSA) is 103 Å². The van der Waals surface area contributed by atoms with Crippen molar-refractivity contribution in [3.05, 3.63) is 11.8 Å². The van der Waals surface area contributed by atoms with Crippen molar-refractivity contribution < 1.29 is 18.6 Å². The molecule has 2 fully saturated rings. The first-order valence-electron chi connectivity index (χ1n) is 9.45. The van der Waals surface area contributed by atoms with Gasteiger partial charge in [-0.25, -0.2) is 4.98 Å². The van der Waals surface area contributed by atoms with Crippen molar-refractivity contribution in [2.75, 3.05) is 10.6 Å². The van der Waals surface area contributed by atoms with Crippen LogP contribution in [0.25, 0.3) is 0 Å². The largest absolute Gasteiger partial charge is 0.393 e. The highest BCUT2D eigenvalue weighted by molar-refractivity contribution is 5.54. The van der Waals surface area contributed by atoms with Gasteiger partial charge in [-0.3, -0.25) is 0 Å². The number of anilines is 2. The van der Waals surface area contributed by atoms with E-state index in [1.807, 2.05) is 0 Å². The lowest BCUT2D eigenvalue weighted by atomic mass is 9.93. The summed E-state index contributed by atoms with van der Waals surface area (Å²) in [4.78, 5) is 8.63. The summed E-state index contributed by atoms with van der Waals surface area (Å²) in [5.41, 5.74) is 0.356. The maximum absolute atomic E-state index is 12.3. The Kier molecular flexibility index (Phi) is 6.74. The zero-order valence-corrected chi connectivity index (χ0v) is 15.1. The van der Waals surface area contributed by atoms with Crippen LogP contribution in [0.15, 0.2) is 6.20 Å². The van der Waals surface area contributed by atoms with Crippen molar-refractivity contribution in [2.24, 2.45) is 0 Å². The molecule has 1 aromatic heterocycles. The van der Waals surface area contributed by atoms with Crippen LogP contribution in [0.1, 0.15) is 56.9 Å².